The van der Waals surface area contributed by atoms with Gasteiger partial charge in [0.2, 0.25) is 0 Å². The van der Waals surface area contributed by atoms with Gasteiger partial charge in [0.15, 0.2) is 0 Å². The van der Waals surface area contributed by atoms with E-state index >= 15 is 0 Å². The van der Waals surface area contributed by atoms with Crippen LogP contribution >= 0.6 is 15.9 Å². The van der Waals surface area contributed by atoms with Gasteiger partial charge in [-0.15, -0.1) is 0 Å². The van der Waals surface area contributed by atoms with Crippen molar-refractivity contribution in [2.45, 2.75) is 6.42 Å². The summed E-state index contributed by atoms with van der Waals surface area (Å²) in [5.41, 5.74) is 6.55. The Morgan fingerprint density at radius 2 is 2.15 bits per heavy atom. The molecule has 0 bridgehead atoms. The largest absolute Gasteiger partial charge is 0.496 e. The summed E-state index contributed by atoms with van der Waals surface area (Å²) in [6, 6.07) is 7.76. The fourth-order valence-electron chi connectivity index (χ4n) is 1.82. The van der Waals surface area contributed by atoms with Crippen molar-refractivity contribution in [2.75, 3.05) is 25.6 Å². The van der Waals surface area contributed by atoms with Gasteiger partial charge in [0.1, 0.15) is 17.4 Å². The first-order valence-electron chi connectivity index (χ1n) is 6.25. The Labute approximate surface area is 126 Å². The molecule has 0 saturated heterocycles. The van der Waals surface area contributed by atoms with Crippen LogP contribution in [-0.2, 0) is 6.42 Å². The normalized spacial score (nSPS) is 10.4. The average Bonchev–Trinajstić information content (AvgIpc) is 2.47. The Bertz CT molecular complexity index is 591. The van der Waals surface area contributed by atoms with Gasteiger partial charge in [-0.05, 0) is 46.7 Å². The van der Waals surface area contributed by atoms with Crippen LogP contribution < -0.4 is 15.4 Å². The van der Waals surface area contributed by atoms with Crippen LogP contribution in [0, 0.1) is 0 Å². The average molecular weight is 337 g/mol. The predicted octanol–water partition coefficient (Wildman–Crippen LogP) is 2.52. The lowest BCUT2D eigenvalue weighted by Crippen LogP contribution is -2.14. The van der Waals surface area contributed by atoms with E-state index in [9.17, 15) is 0 Å². The third-order valence-corrected chi connectivity index (χ3v) is 3.54. The molecule has 0 aliphatic rings. The number of hydrogen-bond donors (Lipinski definition) is 1. The molecule has 5 nitrogen and oxygen atoms in total. The minimum atomic E-state index is 0.543. The highest BCUT2D eigenvalue weighted by molar-refractivity contribution is 9.10. The van der Waals surface area contributed by atoms with Gasteiger partial charge in [-0.3, -0.25) is 0 Å². The summed E-state index contributed by atoms with van der Waals surface area (Å²) in [6.45, 7) is 0.543. The number of rotatable bonds is 5. The number of anilines is 2. The Hall–Kier alpha value is -1.66. The third-order valence-electron chi connectivity index (χ3n) is 2.93. The number of hydrogen-bond acceptors (Lipinski definition) is 5. The van der Waals surface area contributed by atoms with Crippen molar-refractivity contribution in [3.8, 4) is 5.75 Å². The lowest BCUT2D eigenvalue weighted by Gasteiger charge is -2.19. The van der Waals surface area contributed by atoms with Gasteiger partial charge in [0, 0.05) is 25.4 Å². The van der Waals surface area contributed by atoms with Crippen LogP contribution in [0.1, 0.15) is 5.82 Å². The summed E-state index contributed by atoms with van der Waals surface area (Å²) in [5.74, 6) is 2.39. The van der Waals surface area contributed by atoms with Crippen LogP contribution in [0.3, 0.4) is 0 Å². The van der Waals surface area contributed by atoms with E-state index in [-0.39, 0.29) is 0 Å². The molecule has 2 rings (SSSR count). The SMILES string of the molecule is COc1ccc(N(C)c2ccnc(CCN)n2)cc1Br. The second kappa shape index (κ2) is 6.67. The molecule has 6 heteroatoms. The molecule has 0 aliphatic carbocycles. The number of nitrogens with zero attached hydrogens (tertiary/aromatic N) is 3. The van der Waals surface area contributed by atoms with Crippen molar-refractivity contribution >= 4 is 27.4 Å². The molecule has 0 spiro atoms. The summed E-state index contributed by atoms with van der Waals surface area (Å²) in [5, 5.41) is 0. The Morgan fingerprint density at radius 3 is 2.80 bits per heavy atom. The maximum absolute atomic E-state index is 5.54. The first-order valence-corrected chi connectivity index (χ1v) is 7.04. The topological polar surface area (TPSA) is 64.3 Å². The maximum Gasteiger partial charge on any atom is 0.136 e. The van der Waals surface area contributed by atoms with Crippen LogP contribution in [-0.4, -0.2) is 30.7 Å². The summed E-state index contributed by atoms with van der Waals surface area (Å²) in [4.78, 5) is 10.7. The van der Waals surface area contributed by atoms with Crippen molar-refractivity contribution in [3.05, 3.63) is 40.8 Å². The maximum atomic E-state index is 5.54. The molecule has 1 heterocycles. The number of halogens is 1. The minimum Gasteiger partial charge on any atom is -0.496 e. The molecule has 0 fully saturated rings. The zero-order valence-corrected chi connectivity index (χ0v) is 13.1. The van der Waals surface area contributed by atoms with Gasteiger partial charge in [-0.2, -0.15) is 0 Å². The molecule has 1 aromatic carbocycles. The van der Waals surface area contributed by atoms with Crippen molar-refractivity contribution in [1.29, 1.82) is 0 Å². The molecular formula is C14H17BrN4O. The van der Waals surface area contributed by atoms with Crippen molar-refractivity contribution in [1.82, 2.24) is 9.97 Å². The van der Waals surface area contributed by atoms with Crippen LogP contribution in [0.2, 0.25) is 0 Å². The molecule has 20 heavy (non-hydrogen) atoms. The number of benzene rings is 1. The van der Waals surface area contributed by atoms with E-state index in [1.165, 1.54) is 0 Å². The zero-order valence-electron chi connectivity index (χ0n) is 11.5. The standard InChI is InChI=1S/C14H17BrN4O/c1-19(10-3-4-12(20-2)11(15)9-10)14-6-8-17-13(18-14)5-7-16/h3-4,6,8-9H,5,7,16H2,1-2H3. The van der Waals surface area contributed by atoms with E-state index in [0.717, 1.165) is 27.6 Å². The van der Waals surface area contributed by atoms with Crippen molar-refractivity contribution in [2.24, 2.45) is 5.73 Å². The smallest absolute Gasteiger partial charge is 0.136 e. The summed E-state index contributed by atoms with van der Waals surface area (Å²) >= 11 is 3.49. The Kier molecular flexibility index (Phi) is 4.92. The number of nitrogens with two attached hydrogens (primary N) is 1. The molecule has 0 atom stereocenters. The second-order valence-electron chi connectivity index (χ2n) is 4.25. The zero-order chi connectivity index (χ0) is 14.5. The lowest BCUT2D eigenvalue weighted by molar-refractivity contribution is 0.412. The number of aromatic nitrogens is 2. The Balaban J connectivity index is 2.28. The van der Waals surface area contributed by atoms with E-state index in [1.807, 2.05) is 36.2 Å². The fourth-order valence-corrected chi connectivity index (χ4v) is 2.35. The monoisotopic (exact) mass is 336 g/mol. The molecule has 2 N–H and O–H groups in total. The van der Waals surface area contributed by atoms with E-state index in [4.69, 9.17) is 10.5 Å². The van der Waals surface area contributed by atoms with Gasteiger partial charge in [-0.1, -0.05) is 0 Å². The molecule has 106 valence electrons. The van der Waals surface area contributed by atoms with Gasteiger partial charge in [0.05, 0.1) is 11.6 Å². The van der Waals surface area contributed by atoms with E-state index in [0.29, 0.717) is 13.0 Å². The summed E-state index contributed by atoms with van der Waals surface area (Å²) in [7, 11) is 3.61. The Morgan fingerprint density at radius 1 is 1.35 bits per heavy atom. The quantitative estimate of drug-likeness (QED) is 0.908. The molecule has 0 amide bonds. The molecule has 0 radical (unpaired) electrons. The molecule has 1 aromatic heterocycles. The van der Waals surface area contributed by atoms with E-state index in [1.54, 1.807) is 13.3 Å². The van der Waals surface area contributed by atoms with Gasteiger partial charge in [0.25, 0.3) is 0 Å². The highest BCUT2D eigenvalue weighted by Gasteiger charge is 2.09. The van der Waals surface area contributed by atoms with Crippen LogP contribution in [0.4, 0.5) is 11.5 Å². The lowest BCUT2D eigenvalue weighted by atomic mass is 10.2. The first-order chi connectivity index (χ1) is 9.65. The van der Waals surface area contributed by atoms with E-state index < -0.39 is 0 Å². The van der Waals surface area contributed by atoms with Crippen molar-refractivity contribution < 1.29 is 4.74 Å². The molecule has 0 saturated carbocycles. The van der Waals surface area contributed by atoms with Gasteiger partial charge >= 0.3 is 0 Å². The van der Waals surface area contributed by atoms with Gasteiger partial charge in [-0.25, -0.2) is 9.97 Å². The van der Waals surface area contributed by atoms with Crippen LogP contribution in [0.25, 0.3) is 0 Å². The fraction of sp³-hybridized carbons (Fsp3) is 0.286. The highest BCUT2D eigenvalue weighted by Crippen LogP contribution is 2.31. The van der Waals surface area contributed by atoms with Crippen LogP contribution in [0.15, 0.2) is 34.9 Å². The summed E-state index contributed by atoms with van der Waals surface area (Å²) in [6.07, 6.45) is 2.43. The molecule has 2 aromatic rings. The second-order valence-corrected chi connectivity index (χ2v) is 5.10. The first kappa shape index (κ1) is 14.7. The minimum absolute atomic E-state index is 0.543. The third kappa shape index (κ3) is 3.26. The molecule has 0 unspecified atom stereocenters. The van der Waals surface area contributed by atoms with Crippen LogP contribution in [0.5, 0.6) is 5.75 Å². The molecular weight excluding hydrogens is 320 g/mol. The predicted molar refractivity (Wildman–Crippen MR) is 83.5 cm³/mol. The molecule has 0 aliphatic heterocycles. The highest BCUT2D eigenvalue weighted by atomic mass is 79.9. The summed E-state index contributed by atoms with van der Waals surface area (Å²) < 4.78 is 6.13. The number of ether oxygens (including phenoxy) is 1. The number of methoxy groups -OCH3 is 1. The van der Waals surface area contributed by atoms with E-state index in [2.05, 4.69) is 25.9 Å². The van der Waals surface area contributed by atoms with Gasteiger partial charge < -0.3 is 15.4 Å². The van der Waals surface area contributed by atoms with Crippen molar-refractivity contribution in [3.63, 3.8) is 0 Å².